The van der Waals surface area contributed by atoms with Crippen molar-refractivity contribution >= 4 is 29.1 Å². The molecule has 1 aromatic carbocycles. The molecule has 1 fully saturated rings. The lowest BCUT2D eigenvalue weighted by Gasteiger charge is -2.19. The van der Waals surface area contributed by atoms with Crippen molar-refractivity contribution in [1.82, 2.24) is 5.32 Å². The van der Waals surface area contributed by atoms with Gasteiger partial charge in [0.2, 0.25) is 5.91 Å². The van der Waals surface area contributed by atoms with E-state index in [1.165, 1.54) is 51.9 Å². The fourth-order valence-corrected chi connectivity index (χ4v) is 3.62. The van der Waals surface area contributed by atoms with Gasteiger partial charge in [0, 0.05) is 24.3 Å². The monoisotopic (exact) mass is 387 g/mol. The van der Waals surface area contributed by atoms with E-state index in [2.05, 4.69) is 16.0 Å². The summed E-state index contributed by atoms with van der Waals surface area (Å²) in [5.74, 6) is -1.46. The maximum absolute atomic E-state index is 12.4. The van der Waals surface area contributed by atoms with Crippen molar-refractivity contribution in [3.05, 3.63) is 24.3 Å². The SMILES string of the molecule is CC(=O)Nc1cccc(NC(=O)C(=O)NC2CCCCCCCCCCC2)c1. The van der Waals surface area contributed by atoms with Crippen LogP contribution in [0.3, 0.4) is 0 Å². The highest BCUT2D eigenvalue weighted by molar-refractivity contribution is 6.39. The van der Waals surface area contributed by atoms with Gasteiger partial charge in [-0.25, -0.2) is 0 Å². The van der Waals surface area contributed by atoms with Crippen LogP contribution in [0.4, 0.5) is 11.4 Å². The summed E-state index contributed by atoms with van der Waals surface area (Å²) in [6, 6.07) is 6.81. The number of nitrogens with one attached hydrogen (secondary N) is 3. The molecule has 1 saturated carbocycles. The van der Waals surface area contributed by atoms with E-state index in [1.54, 1.807) is 24.3 Å². The predicted molar refractivity (Wildman–Crippen MR) is 112 cm³/mol. The first-order valence-corrected chi connectivity index (χ1v) is 10.5. The summed E-state index contributed by atoms with van der Waals surface area (Å²) < 4.78 is 0. The summed E-state index contributed by atoms with van der Waals surface area (Å²) in [5, 5.41) is 8.18. The Labute approximate surface area is 167 Å². The van der Waals surface area contributed by atoms with Crippen molar-refractivity contribution in [2.75, 3.05) is 10.6 Å². The van der Waals surface area contributed by atoms with Crippen LogP contribution in [0, 0.1) is 0 Å². The van der Waals surface area contributed by atoms with Gasteiger partial charge in [0.15, 0.2) is 0 Å². The minimum atomic E-state index is -0.675. The number of hydrogen-bond acceptors (Lipinski definition) is 3. The van der Waals surface area contributed by atoms with Crippen LogP contribution >= 0.6 is 0 Å². The van der Waals surface area contributed by atoms with Gasteiger partial charge in [-0.3, -0.25) is 14.4 Å². The average Bonchev–Trinajstić information content (AvgIpc) is 2.63. The predicted octanol–water partition coefficient (Wildman–Crippen LogP) is 4.37. The lowest BCUT2D eigenvalue weighted by molar-refractivity contribution is -0.136. The number of rotatable bonds is 3. The first-order chi connectivity index (χ1) is 13.5. The van der Waals surface area contributed by atoms with E-state index < -0.39 is 11.8 Å². The molecule has 28 heavy (non-hydrogen) atoms. The van der Waals surface area contributed by atoms with Crippen molar-refractivity contribution in [3.8, 4) is 0 Å². The highest BCUT2D eigenvalue weighted by Crippen LogP contribution is 2.18. The normalized spacial score (nSPS) is 16.9. The Morgan fingerprint density at radius 1 is 0.750 bits per heavy atom. The molecule has 1 aromatic rings. The van der Waals surface area contributed by atoms with Gasteiger partial charge in [-0.05, 0) is 31.0 Å². The van der Waals surface area contributed by atoms with Crippen LogP contribution in [0.25, 0.3) is 0 Å². The van der Waals surface area contributed by atoms with Gasteiger partial charge in [-0.2, -0.15) is 0 Å². The van der Waals surface area contributed by atoms with Gasteiger partial charge in [0.05, 0.1) is 0 Å². The molecule has 0 aromatic heterocycles. The lowest BCUT2D eigenvalue weighted by Crippen LogP contribution is -2.41. The largest absolute Gasteiger partial charge is 0.345 e. The second kappa shape index (κ2) is 12.2. The summed E-state index contributed by atoms with van der Waals surface area (Å²) in [6.07, 6.45) is 12.9. The number of anilines is 2. The summed E-state index contributed by atoms with van der Waals surface area (Å²) in [5.41, 5.74) is 1.05. The molecule has 0 saturated heterocycles. The molecule has 0 aliphatic heterocycles. The molecular formula is C22H33N3O3. The van der Waals surface area contributed by atoms with E-state index >= 15 is 0 Å². The Balaban J connectivity index is 1.86. The van der Waals surface area contributed by atoms with E-state index in [0.29, 0.717) is 11.4 Å². The van der Waals surface area contributed by atoms with Crippen molar-refractivity contribution in [2.24, 2.45) is 0 Å². The molecular weight excluding hydrogens is 354 g/mol. The molecule has 3 amide bonds. The zero-order chi connectivity index (χ0) is 20.2. The Hall–Kier alpha value is -2.37. The maximum atomic E-state index is 12.4. The third-order valence-electron chi connectivity index (χ3n) is 5.09. The van der Waals surface area contributed by atoms with Gasteiger partial charge in [0.1, 0.15) is 0 Å². The molecule has 0 radical (unpaired) electrons. The summed E-state index contributed by atoms with van der Waals surface area (Å²) in [6.45, 7) is 1.42. The second-order valence-corrected chi connectivity index (χ2v) is 7.65. The Morgan fingerprint density at radius 3 is 1.79 bits per heavy atom. The topological polar surface area (TPSA) is 87.3 Å². The van der Waals surface area contributed by atoms with E-state index in [1.807, 2.05) is 0 Å². The molecule has 1 aliphatic rings. The molecule has 0 atom stereocenters. The van der Waals surface area contributed by atoms with Crippen molar-refractivity contribution in [2.45, 2.75) is 83.6 Å². The number of carbonyl (C=O) groups is 3. The highest BCUT2D eigenvalue weighted by atomic mass is 16.2. The maximum Gasteiger partial charge on any atom is 0.313 e. The lowest BCUT2D eigenvalue weighted by atomic mass is 9.98. The number of hydrogen-bond donors (Lipinski definition) is 3. The van der Waals surface area contributed by atoms with E-state index in [4.69, 9.17) is 0 Å². The minimum Gasteiger partial charge on any atom is -0.345 e. The number of carbonyl (C=O) groups excluding carboxylic acids is 3. The molecule has 6 heteroatoms. The van der Waals surface area contributed by atoms with Crippen LogP contribution in [0.1, 0.15) is 77.6 Å². The Kier molecular flexibility index (Phi) is 9.52. The van der Waals surface area contributed by atoms with Crippen molar-refractivity contribution < 1.29 is 14.4 Å². The van der Waals surface area contributed by atoms with Crippen LogP contribution < -0.4 is 16.0 Å². The minimum absolute atomic E-state index is 0.0587. The second-order valence-electron chi connectivity index (χ2n) is 7.65. The standard InChI is InChI=1S/C22H33N3O3/c1-17(26)23-19-14-11-15-20(16-19)25-22(28)21(27)24-18-12-9-7-5-3-2-4-6-8-10-13-18/h11,14-16,18H,2-10,12-13H2,1H3,(H,23,26)(H,24,27)(H,25,28). The van der Waals surface area contributed by atoms with Crippen molar-refractivity contribution in [3.63, 3.8) is 0 Å². The van der Waals surface area contributed by atoms with E-state index in [-0.39, 0.29) is 11.9 Å². The van der Waals surface area contributed by atoms with Crippen LogP contribution in [0.2, 0.25) is 0 Å². The molecule has 154 valence electrons. The highest BCUT2D eigenvalue weighted by Gasteiger charge is 2.19. The van der Waals surface area contributed by atoms with Gasteiger partial charge in [-0.1, -0.05) is 63.9 Å². The fraction of sp³-hybridized carbons (Fsp3) is 0.591. The smallest absolute Gasteiger partial charge is 0.313 e. The molecule has 6 nitrogen and oxygen atoms in total. The van der Waals surface area contributed by atoms with Crippen molar-refractivity contribution in [1.29, 1.82) is 0 Å². The van der Waals surface area contributed by atoms with Crippen LogP contribution in [-0.2, 0) is 14.4 Å². The van der Waals surface area contributed by atoms with E-state index in [0.717, 1.165) is 25.7 Å². The molecule has 3 N–H and O–H groups in total. The summed E-state index contributed by atoms with van der Waals surface area (Å²) in [4.78, 5) is 35.8. The molecule has 0 bridgehead atoms. The van der Waals surface area contributed by atoms with Gasteiger partial charge >= 0.3 is 11.8 Å². The molecule has 0 spiro atoms. The van der Waals surface area contributed by atoms with Gasteiger partial charge in [0.25, 0.3) is 0 Å². The molecule has 0 unspecified atom stereocenters. The molecule has 2 rings (SSSR count). The van der Waals surface area contributed by atoms with Crippen LogP contribution in [0.5, 0.6) is 0 Å². The quantitative estimate of drug-likeness (QED) is 0.673. The summed E-state index contributed by atoms with van der Waals surface area (Å²) in [7, 11) is 0. The molecule has 1 aliphatic carbocycles. The van der Waals surface area contributed by atoms with Gasteiger partial charge < -0.3 is 16.0 Å². The number of amides is 3. The third-order valence-corrected chi connectivity index (χ3v) is 5.09. The summed E-state index contributed by atoms with van der Waals surface area (Å²) >= 11 is 0. The first kappa shape index (κ1) is 21.9. The van der Waals surface area contributed by atoms with Crippen LogP contribution in [-0.4, -0.2) is 23.8 Å². The van der Waals surface area contributed by atoms with Gasteiger partial charge in [-0.15, -0.1) is 0 Å². The number of benzene rings is 1. The third kappa shape index (κ3) is 8.55. The van der Waals surface area contributed by atoms with E-state index in [9.17, 15) is 14.4 Å². The van der Waals surface area contributed by atoms with Crippen LogP contribution in [0.15, 0.2) is 24.3 Å². The fourth-order valence-electron chi connectivity index (χ4n) is 3.62. The Morgan fingerprint density at radius 2 is 1.25 bits per heavy atom. The zero-order valence-electron chi connectivity index (χ0n) is 16.9. The zero-order valence-corrected chi connectivity index (χ0v) is 16.9. The molecule has 0 heterocycles. The average molecular weight is 388 g/mol. The Bertz CT molecular complexity index is 648. The first-order valence-electron chi connectivity index (χ1n) is 10.5.